The minimum Gasteiger partial charge on any atom is -0.346 e. The third kappa shape index (κ3) is 5.45. The van der Waals surface area contributed by atoms with E-state index in [1.807, 2.05) is 25.3 Å². The zero-order chi connectivity index (χ0) is 23.4. The summed E-state index contributed by atoms with van der Waals surface area (Å²) in [6, 6.07) is 4.32. The number of carbonyl (C=O) groups excluding carboxylic acids is 1. The molecule has 33 heavy (non-hydrogen) atoms. The quantitative estimate of drug-likeness (QED) is 0.449. The molecule has 2 heterocycles. The van der Waals surface area contributed by atoms with Gasteiger partial charge in [0.1, 0.15) is 11.6 Å². The lowest BCUT2D eigenvalue weighted by atomic mass is 10.0. The zero-order valence-corrected chi connectivity index (χ0v) is 18.5. The van der Waals surface area contributed by atoms with Crippen LogP contribution in [0.1, 0.15) is 6.42 Å². The van der Waals surface area contributed by atoms with Gasteiger partial charge in [0, 0.05) is 37.1 Å². The molecule has 1 atom stereocenters. The predicted molar refractivity (Wildman–Crippen MR) is 127 cm³/mol. The van der Waals surface area contributed by atoms with Gasteiger partial charge in [0.05, 0.1) is 22.9 Å². The van der Waals surface area contributed by atoms with Gasteiger partial charge in [-0.25, -0.2) is 9.37 Å². The third-order valence-electron chi connectivity index (χ3n) is 4.85. The van der Waals surface area contributed by atoms with Crippen LogP contribution in [0.2, 0.25) is 5.02 Å². The standard InChI is InChI=1S/C23H21ClFN7O/c1-3-21(33)28-15-5-4-6-16(10-15)29-22-18(14-7-8-19(24)20(25)9-14)12-26-23(31-22)30-17-11-27-32(2)13-17/h3-9,11-13,15H,1,10H2,2H3,(H,28,33)(H2,26,29,30,31). The molecule has 1 aliphatic carbocycles. The molecule has 0 aliphatic heterocycles. The number of hydrogen-bond donors (Lipinski definition) is 3. The van der Waals surface area contributed by atoms with Crippen LogP contribution < -0.4 is 16.0 Å². The van der Waals surface area contributed by atoms with Gasteiger partial charge >= 0.3 is 0 Å². The average molecular weight is 466 g/mol. The number of nitrogens with zero attached hydrogens (tertiary/aromatic N) is 4. The normalized spacial score (nSPS) is 15.0. The van der Waals surface area contributed by atoms with E-state index >= 15 is 0 Å². The van der Waals surface area contributed by atoms with Crippen molar-refractivity contribution < 1.29 is 9.18 Å². The molecule has 2 aromatic heterocycles. The Kier molecular flexibility index (Phi) is 6.50. The molecule has 0 fully saturated rings. The van der Waals surface area contributed by atoms with Crippen LogP contribution in [0.4, 0.5) is 21.8 Å². The first-order valence-corrected chi connectivity index (χ1v) is 10.4. The van der Waals surface area contributed by atoms with E-state index in [2.05, 4.69) is 37.6 Å². The van der Waals surface area contributed by atoms with Crippen LogP contribution in [0.5, 0.6) is 0 Å². The van der Waals surface area contributed by atoms with Gasteiger partial charge in [-0.15, -0.1) is 0 Å². The van der Waals surface area contributed by atoms with E-state index in [9.17, 15) is 9.18 Å². The highest BCUT2D eigenvalue weighted by Gasteiger charge is 2.17. The highest BCUT2D eigenvalue weighted by Crippen LogP contribution is 2.31. The number of nitrogens with one attached hydrogen (secondary N) is 3. The summed E-state index contributed by atoms with van der Waals surface area (Å²) in [6.45, 7) is 3.48. The van der Waals surface area contributed by atoms with Crippen molar-refractivity contribution in [3.05, 3.63) is 84.2 Å². The van der Waals surface area contributed by atoms with E-state index in [0.29, 0.717) is 29.3 Å². The number of aryl methyl sites for hydroxylation is 1. The Morgan fingerprint density at radius 3 is 2.91 bits per heavy atom. The molecule has 0 bridgehead atoms. The number of rotatable bonds is 7. The minimum absolute atomic E-state index is 0.0324. The van der Waals surface area contributed by atoms with Gasteiger partial charge in [0.25, 0.3) is 0 Å². The Bertz CT molecular complexity index is 1270. The molecule has 0 spiro atoms. The van der Waals surface area contributed by atoms with Crippen LogP contribution in [-0.2, 0) is 11.8 Å². The first kappa shape index (κ1) is 22.2. The fourth-order valence-electron chi connectivity index (χ4n) is 3.29. The van der Waals surface area contributed by atoms with Gasteiger partial charge in [-0.2, -0.15) is 10.1 Å². The van der Waals surface area contributed by atoms with Crippen molar-refractivity contribution in [2.75, 3.05) is 10.6 Å². The zero-order valence-electron chi connectivity index (χ0n) is 17.7. The maximum atomic E-state index is 14.1. The monoisotopic (exact) mass is 465 g/mol. The molecule has 1 aliphatic rings. The molecule has 1 aromatic carbocycles. The number of anilines is 3. The topological polar surface area (TPSA) is 96.8 Å². The fraction of sp³-hybridized carbons (Fsp3) is 0.130. The molecule has 8 nitrogen and oxygen atoms in total. The molecule has 0 saturated carbocycles. The van der Waals surface area contributed by atoms with Crippen LogP contribution in [0.25, 0.3) is 11.1 Å². The van der Waals surface area contributed by atoms with E-state index in [4.69, 9.17) is 11.6 Å². The Balaban J connectivity index is 1.65. The van der Waals surface area contributed by atoms with E-state index in [1.54, 1.807) is 29.3 Å². The lowest BCUT2D eigenvalue weighted by molar-refractivity contribution is -0.116. The van der Waals surface area contributed by atoms with Gasteiger partial charge < -0.3 is 16.0 Å². The second kappa shape index (κ2) is 9.66. The Morgan fingerprint density at radius 2 is 2.18 bits per heavy atom. The second-order valence-corrected chi connectivity index (χ2v) is 7.74. The number of halogens is 2. The third-order valence-corrected chi connectivity index (χ3v) is 5.16. The number of carbonyl (C=O) groups is 1. The predicted octanol–water partition coefficient (Wildman–Crippen LogP) is 4.34. The number of hydrogen-bond acceptors (Lipinski definition) is 6. The van der Waals surface area contributed by atoms with E-state index < -0.39 is 5.82 Å². The van der Waals surface area contributed by atoms with Gasteiger partial charge in [-0.1, -0.05) is 36.4 Å². The maximum Gasteiger partial charge on any atom is 0.243 e. The molecule has 168 valence electrons. The SMILES string of the molecule is C=CC(=O)NC1C=CC=C(Nc2nc(Nc3cnn(C)c3)ncc2-c2ccc(Cl)c(F)c2)C1. The molecule has 3 aromatic rings. The molecule has 3 N–H and O–H groups in total. The Labute approximate surface area is 194 Å². The van der Waals surface area contributed by atoms with E-state index in [0.717, 1.165) is 11.4 Å². The van der Waals surface area contributed by atoms with Crippen molar-refractivity contribution in [2.24, 2.45) is 7.05 Å². The summed E-state index contributed by atoms with van der Waals surface area (Å²) in [4.78, 5) is 20.7. The Hall–Kier alpha value is -3.98. The van der Waals surface area contributed by atoms with Crippen molar-refractivity contribution in [3.8, 4) is 11.1 Å². The molecular formula is C23H21ClFN7O. The molecule has 10 heteroatoms. The van der Waals surface area contributed by atoms with Crippen molar-refractivity contribution in [1.29, 1.82) is 0 Å². The van der Waals surface area contributed by atoms with E-state index in [-0.39, 0.29) is 17.0 Å². The summed E-state index contributed by atoms with van der Waals surface area (Å²) in [7, 11) is 1.81. The molecule has 1 amide bonds. The summed E-state index contributed by atoms with van der Waals surface area (Å²) < 4.78 is 15.8. The fourth-order valence-corrected chi connectivity index (χ4v) is 3.41. The summed E-state index contributed by atoms with van der Waals surface area (Å²) in [5.41, 5.74) is 2.69. The summed E-state index contributed by atoms with van der Waals surface area (Å²) in [5, 5.41) is 13.4. The van der Waals surface area contributed by atoms with Crippen LogP contribution in [0.3, 0.4) is 0 Å². The number of benzene rings is 1. The largest absolute Gasteiger partial charge is 0.346 e. The van der Waals surface area contributed by atoms with Crippen LogP contribution in [0, 0.1) is 5.82 Å². The Morgan fingerprint density at radius 1 is 1.33 bits per heavy atom. The van der Waals surface area contributed by atoms with Gasteiger partial charge in [-0.3, -0.25) is 9.48 Å². The molecule has 0 radical (unpaired) electrons. The van der Waals surface area contributed by atoms with Crippen molar-refractivity contribution in [1.82, 2.24) is 25.1 Å². The number of aromatic nitrogens is 4. The lowest BCUT2D eigenvalue weighted by Crippen LogP contribution is -2.34. The second-order valence-electron chi connectivity index (χ2n) is 7.34. The first-order chi connectivity index (χ1) is 15.9. The minimum atomic E-state index is -0.537. The molecule has 4 rings (SSSR count). The summed E-state index contributed by atoms with van der Waals surface area (Å²) >= 11 is 5.85. The number of allylic oxidation sites excluding steroid dienone is 2. The van der Waals surface area contributed by atoms with Crippen molar-refractivity contribution in [2.45, 2.75) is 12.5 Å². The maximum absolute atomic E-state index is 14.1. The smallest absolute Gasteiger partial charge is 0.243 e. The summed E-state index contributed by atoms with van der Waals surface area (Å²) in [5.74, 6) is 0.0125. The molecular weight excluding hydrogens is 445 g/mol. The van der Waals surface area contributed by atoms with Crippen molar-refractivity contribution >= 4 is 35.0 Å². The molecule has 0 saturated heterocycles. The van der Waals surface area contributed by atoms with Crippen LogP contribution in [0.15, 0.2) is 73.4 Å². The average Bonchev–Trinajstić information content (AvgIpc) is 3.20. The number of amides is 1. The van der Waals surface area contributed by atoms with Crippen LogP contribution >= 0.6 is 11.6 Å². The van der Waals surface area contributed by atoms with Gasteiger partial charge in [0.2, 0.25) is 11.9 Å². The lowest BCUT2D eigenvalue weighted by Gasteiger charge is -2.21. The summed E-state index contributed by atoms with van der Waals surface area (Å²) in [6.07, 6.45) is 12.4. The van der Waals surface area contributed by atoms with Crippen molar-refractivity contribution in [3.63, 3.8) is 0 Å². The van der Waals surface area contributed by atoms with E-state index in [1.165, 1.54) is 18.2 Å². The highest BCUT2D eigenvalue weighted by molar-refractivity contribution is 6.30. The first-order valence-electron chi connectivity index (χ1n) is 10.1. The molecule has 1 unspecified atom stereocenters. The highest BCUT2D eigenvalue weighted by atomic mass is 35.5. The van der Waals surface area contributed by atoms with Crippen LogP contribution in [-0.4, -0.2) is 31.7 Å². The van der Waals surface area contributed by atoms with Gasteiger partial charge in [0.15, 0.2) is 0 Å². The van der Waals surface area contributed by atoms with Gasteiger partial charge in [-0.05, 0) is 29.8 Å².